The second-order valence-electron chi connectivity index (χ2n) is 5.56. The average molecular weight is 276 g/mol. The molecule has 1 heterocycles. The number of carbonyl (C=O) groups excluding carboxylic acids is 1. The van der Waals surface area contributed by atoms with Gasteiger partial charge in [-0.3, -0.25) is 4.79 Å². The fourth-order valence-corrected chi connectivity index (χ4v) is 2.79. The Balaban J connectivity index is 2.20. The molecular formula is C16H24N2O2. The van der Waals surface area contributed by atoms with E-state index in [4.69, 9.17) is 5.11 Å². The highest BCUT2D eigenvalue weighted by Gasteiger charge is 2.30. The SMILES string of the molecule is CC(C)N(CCCO)C(=O)C1CCNc2ccccc21. The zero-order valence-corrected chi connectivity index (χ0v) is 12.3. The Morgan fingerprint density at radius 1 is 1.45 bits per heavy atom. The third kappa shape index (κ3) is 3.12. The van der Waals surface area contributed by atoms with E-state index in [1.165, 1.54) is 0 Å². The summed E-state index contributed by atoms with van der Waals surface area (Å²) in [6.07, 6.45) is 1.47. The molecule has 0 saturated carbocycles. The van der Waals surface area contributed by atoms with Crippen molar-refractivity contribution in [3.8, 4) is 0 Å². The van der Waals surface area contributed by atoms with Crippen LogP contribution < -0.4 is 5.32 Å². The zero-order valence-electron chi connectivity index (χ0n) is 12.3. The maximum atomic E-state index is 12.8. The van der Waals surface area contributed by atoms with Crippen LogP contribution in [0.15, 0.2) is 24.3 Å². The molecule has 1 aliphatic heterocycles. The molecule has 4 heteroatoms. The topological polar surface area (TPSA) is 52.6 Å². The number of nitrogens with one attached hydrogen (secondary N) is 1. The highest BCUT2D eigenvalue weighted by Crippen LogP contribution is 2.33. The summed E-state index contributed by atoms with van der Waals surface area (Å²) >= 11 is 0. The maximum absolute atomic E-state index is 12.8. The van der Waals surface area contributed by atoms with E-state index in [1.807, 2.05) is 43.0 Å². The number of hydrogen-bond donors (Lipinski definition) is 2. The molecule has 0 spiro atoms. The number of benzene rings is 1. The third-order valence-corrected chi connectivity index (χ3v) is 3.85. The van der Waals surface area contributed by atoms with Crippen LogP contribution in [0.2, 0.25) is 0 Å². The van der Waals surface area contributed by atoms with Crippen molar-refractivity contribution in [1.29, 1.82) is 0 Å². The van der Waals surface area contributed by atoms with Crippen molar-refractivity contribution < 1.29 is 9.90 Å². The molecule has 2 rings (SSSR count). The lowest BCUT2D eigenvalue weighted by atomic mass is 9.89. The molecule has 1 aromatic rings. The Morgan fingerprint density at radius 2 is 2.20 bits per heavy atom. The predicted octanol–water partition coefficient (Wildman–Crippen LogP) is 2.21. The molecule has 0 aliphatic carbocycles. The fraction of sp³-hybridized carbons (Fsp3) is 0.562. The molecule has 110 valence electrons. The number of amides is 1. The monoisotopic (exact) mass is 276 g/mol. The van der Waals surface area contributed by atoms with E-state index in [-0.39, 0.29) is 24.5 Å². The molecule has 0 radical (unpaired) electrons. The molecule has 1 unspecified atom stereocenters. The van der Waals surface area contributed by atoms with Gasteiger partial charge in [0.1, 0.15) is 0 Å². The minimum atomic E-state index is -0.0615. The maximum Gasteiger partial charge on any atom is 0.230 e. The van der Waals surface area contributed by atoms with E-state index < -0.39 is 0 Å². The molecule has 4 nitrogen and oxygen atoms in total. The van der Waals surface area contributed by atoms with Gasteiger partial charge in [0.25, 0.3) is 0 Å². The average Bonchev–Trinajstić information content (AvgIpc) is 2.46. The summed E-state index contributed by atoms with van der Waals surface area (Å²) in [6, 6.07) is 8.21. The van der Waals surface area contributed by atoms with Crippen LogP contribution in [0.1, 0.15) is 38.2 Å². The number of carbonyl (C=O) groups is 1. The van der Waals surface area contributed by atoms with Gasteiger partial charge in [0, 0.05) is 31.4 Å². The summed E-state index contributed by atoms with van der Waals surface area (Å²) in [7, 11) is 0. The van der Waals surface area contributed by atoms with Gasteiger partial charge in [0.2, 0.25) is 5.91 Å². The number of aliphatic hydroxyl groups is 1. The molecule has 1 amide bonds. The molecule has 1 aromatic carbocycles. The lowest BCUT2D eigenvalue weighted by Crippen LogP contribution is -2.42. The normalized spacial score (nSPS) is 17.5. The number of nitrogens with zero attached hydrogens (tertiary/aromatic N) is 1. The first-order valence-corrected chi connectivity index (χ1v) is 7.39. The second-order valence-corrected chi connectivity index (χ2v) is 5.56. The minimum Gasteiger partial charge on any atom is -0.396 e. The van der Waals surface area contributed by atoms with Crippen molar-refractivity contribution in [2.45, 2.75) is 38.6 Å². The van der Waals surface area contributed by atoms with E-state index in [9.17, 15) is 4.79 Å². The van der Waals surface area contributed by atoms with Crippen LogP contribution in [0.25, 0.3) is 0 Å². The van der Waals surface area contributed by atoms with Crippen molar-refractivity contribution >= 4 is 11.6 Å². The van der Waals surface area contributed by atoms with Gasteiger partial charge >= 0.3 is 0 Å². The molecule has 0 bridgehead atoms. The van der Waals surface area contributed by atoms with Gasteiger partial charge in [0.05, 0.1) is 5.92 Å². The molecular weight excluding hydrogens is 252 g/mol. The van der Waals surface area contributed by atoms with Crippen LogP contribution in [0.5, 0.6) is 0 Å². The zero-order chi connectivity index (χ0) is 14.5. The van der Waals surface area contributed by atoms with Crippen LogP contribution in [-0.2, 0) is 4.79 Å². The molecule has 0 fully saturated rings. The van der Waals surface area contributed by atoms with Crippen LogP contribution in [0.4, 0.5) is 5.69 Å². The van der Waals surface area contributed by atoms with Crippen LogP contribution >= 0.6 is 0 Å². The standard InChI is InChI=1S/C16H24N2O2/c1-12(2)18(10-5-11-19)16(20)14-8-9-17-15-7-4-3-6-13(14)15/h3-4,6-7,12,14,17,19H,5,8-11H2,1-2H3. The summed E-state index contributed by atoms with van der Waals surface area (Å²) in [5, 5.41) is 12.3. The highest BCUT2D eigenvalue weighted by atomic mass is 16.3. The minimum absolute atomic E-state index is 0.0615. The summed E-state index contributed by atoms with van der Waals surface area (Å²) < 4.78 is 0. The molecule has 0 saturated heterocycles. The van der Waals surface area contributed by atoms with E-state index in [0.717, 1.165) is 24.2 Å². The number of aliphatic hydroxyl groups excluding tert-OH is 1. The first kappa shape index (κ1) is 14.9. The fourth-order valence-electron chi connectivity index (χ4n) is 2.79. The van der Waals surface area contributed by atoms with Gasteiger partial charge in [-0.15, -0.1) is 0 Å². The number of hydrogen-bond acceptors (Lipinski definition) is 3. The van der Waals surface area contributed by atoms with Crippen LogP contribution in [0.3, 0.4) is 0 Å². The smallest absolute Gasteiger partial charge is 0.230 e. The molecule has 1 atom stereocenters. The Morgan fingerprint density at radius 3 is 2.90 bits per heavy atom. The van der Waals surface area contributed by atoms with Gasteiger partial charge in [0.15, 0.2) is 0 Å². The van der Waals surface area contributed by atoms with Crippen molar-refractivity contribution in [3.05, 3.63) is 29.8 Å². The predicted molar refractivity (Wildman–Crippen MR) is 80.8 cm³/mol. The Kier molecular flexibility index (Phi) is 5.01. The number of fused-ring (bicyclic) bond motifs is 1. The van der Waals surface area contributed by atoms with Gasteiger partial charge < -0.3 is 15.3 Å². The van der Waals surface area contributed by atoms with Crippen LogP contribution in [0, 0.1) is 0 Å². The van der Waals surface area contributed by atoms with Gasteiger partial charge in [-0.1, -0.05) is 18.2 Å². The highest BCUT2D eigenvalue weighted by molar-refractivity contribution is 5.86. The molecule has 20 heavy (non-hydrogen) atoms. The molecule has 1 aliphatic rings. The summed E-state index contributed by atoms with van der Waals surface area (Å²) in [5.74, 6) is 0.121. The molecule has 0 aromatic heterocycles. The summed E-state index contributed by atoms with van der Waals surface area (Å²) in [5.41, 5.74) is 2.17. The molecule has 2 N–H and O–H groups in total. The Bertz CT molecular complexity index is 460. The lowest BCUT2D eigenvalue weighted by Gasteiger charge is -2.33. The van der Waals surface area contributed by atoms with Gasteiger partial charge in [-0.05, 0) is 38.3 Å². The number of anilines is 1. The largest absolute Gasteiger partial charge is 0.396 e. The quantitative estimate of drug-likeness (QED) is 0.867. The third-order valence-electron chi connectivity index (χ3n) is 3.85. The first-order chi connectivity index (χ1) is 9.65. The lowest BCUT2D eigenvalue weighted by molar-refractivity contribution is -0.134. The van der Waals surface area contributed by atoms with Gasteiger partial charge in [-0.2, -0.15) is 0 Å². The van der Waals surface area contributed by atoms with Crippen molar-refractivity contribution in [3.63, 3.8) is 0 Å². The Labute approximate surface area is 120 Å². The van der Waals surface area contributed by atoms with Crippen molar-refractivity contribution in [2.24, 2.45) is 0 Å². The summed E-state index contributed by atoms with van der Waals surface area (Å²) in [6.45, 7) is 5.64. The van der Waals surface area contributed by atoms with E-state index in [0.29, 0.717) is 13.0 Å². The number of rotatable bonds is 5. The van der Waals surface area contributed by atoms with E-state index in [2.05, 4.69) is 5.32 Å². The first-order valence-electron chi connectivity index (χ1n) is 7.39. The summed E-state index contributed by atoms with van der Waals surface area (Å²) in [4.78, 5) is 14.7. The van der Waals surface area contributed by atoms with E-state index in [1.54, 1.807) is 0 Å². The van der Waals surface area contributed by atoms with Gasteiger partial charge in [-0.25, -0.2) is 0 Å². The van der Waals surface area contributed by atoms with Crippen molar-refractivity contribution in [1.82, 2.24) is 4.90 Å². The Hall–Kier alpha value is -1.55. The number of para-hydroxylation sites is 1. The van der Waals surface area contributed by atoms with Crippen molar-refractivity contribution in [2.75, 3.05) is 25.0 Å². The van der Waals surface area contributed by atoms with E-state index >= 15 is 0 Å². The van der Waals surface area contributed by atoms with Crippen LogP contribution in [-0.4, -0.2) is 41.7 Å². The second kappa shape index (κ2) is 6.75.